The van der Waals surface area contributed by atoms with Crippen molar-refractivity contribution in [3.63, 3.8) is 0 Å². The highest BCUT2D eigenvalue weighted by Crippen LogP contribution is 2.40. The average molecular weight is 266 g/mol. The summed E-state index contributed by atoms with van der Waals surface area (Å²) in [5, 5.41) is 18.3. The number of aromatic nitrogens is 3. The third-order valence-electron chi connectivity index (χ3n) is 3.60. The van der Waals surface area contributed by atoms with Crippen LogP contribution in [0.4, 0.5) is 0 Å². The molecule has 0 unspecified atom stereocenters. The number of aliphatic carboxylic acids is 1. The second kappa shape index (κ2) is 4.99. The van der Waals surface area contributed by atoms with Gasteiger partial charge in [-0.1, -0.05) is 20.3 Å². The molecule has 1 fully saturated rings. The van der Waals surface area contributed by atoms with E-state index in [0.29, 0.717) is 18.7 Å². The minimum atomic E-state index is -0.850. The Labute approximate surface area is 110 Å². The Bertz CT molecular complexity index is 491. The summed E-state index contributed by atoms with van der Waals surface area (Å²) in [5.41, 5.74) is -0.799. The quantitative estimate of drug-likeness (QED) is 0.734. The lowest BCUT2D eigenvalue weighted by atomic mass is 9.69. The lowest BCUT2D eigenvalue weighted by molar-refractivity contribution is -0.153. The zero-order valence-corrected chi connectivity index (χ0v) is 11.1. The molecule has 1 heterocycles. The molecule has 0 aromatic carbocycles. The van der Waals surface area contributed by atoms with Crippen LogP contribution in [-0.2, 0) is 4.79 Å². The van der Waals surface area contributed by atoms with Crippen LogP contribution in [0.3, 0.4) is 0 Å². The molecule has 1 amide bonds. The molecule has 1 aromatic rings. The van der Waals surface area contributed by atoms with Crippen molar-refractivity contribution in [3.8, 4) is 0 Å². The fourth-order valence-electron chi connectivity index (χ4n) is 2.03. The Balaban J connectivity index is 1.95. The van der Waals surface area contributed by atoms with Crippen LogP contribution in [-0.4, -0.2) is 38.7 Å². The molecule has 0 atom stereocenters. The average Bonchev–Trinajstić information content (AvgIpc) is 2.75. The van der Waals surface area contributed by atoms with Gasteiger partial charge >= 0.3 is 5.97 Å². The van der Waals surface area contributed by atoms with Crippen molar-refractivity contribution in [3.05, 3.63) is 11.6 Å². The molecular weight excluding hydrogens is 248 g/mol. The molecule has 104 valence electrons. The monoisotopic (exact) mass is 266 g/mol. The lowest BCUT2D eigenvalue weighted by Crippen LogP contribution is -2.47. The molecule has 0 aliphatic heterocycles. The van der Waals surface area contributed by atoms with Gasteiger partial charge in [-0.05, 0) is 12.8 Å². The maximum absolute atomic E-state index is 11.8. The van der Waals surface area contributed by atoms with Crippen LogP contribution in [0.25, 0.3) is 0 Å². The first-order valence-corrected chi connectivity index (χ1v) is 6.38. The van der Waals surface area contributed by atoms with Crippen LogP contribution in [0.5, 0.6) is 0 Å². The normalized spacial score (nSPS) is 17.0. The summed E-state index contributed by atoms with van der Waals surface area (Å²) in [7, 11) is 0. The van der Waals surface area contributed by atoms with Gasteiger partial charge in [-0.15, -0.1) is 5.10 Å². The summed E-state index contributed by atoms with van der Waals surface area (Å²) in [4.78, 5) is 27.1. The largest absolute Gasteiger partial charge is 0.481 e. The van der Waals surface area contributed by atoms with E-state index in [-0.39, 0.29) is 18.3 Å². The first kappa shape index (κ1) is 13.5. The number of amides is 1. The van der Waals surface area contributed by atoms with Gasteiger partial charge in [-0.3, -0.25) is 14.7 Å². The number of aromatic amines is 1. The van der Waals surface area contributed by atoms with E-state index in [4.69, 9.17) is 5.11 Å². The van der Waals surface area contributed by atoms with E-state index in [1.54, 1.807) is 0 Å². The molecule has 1 aliphatic rings. The smallest absolute Gasteiger partial charge is 0.311 e. The van der Waals surface area contributed by atoms with Crippen molar-refractivity contribution in [2.75, 3.05) is 6.54 Å². The Morgan fingerprint density at radius 1 is 1.47 bits per heavy atom. The molecule has 0 saturated heterocycles. The van der Waals surface area contributed by atoms with Gasteiger partial charge in [-0.2, -0.15) is 0 Å². The van der Waals surface area contributed by atoms with Crippen LogP contribution in [0.15, 0.2) is 0 Å². The van der Waals surface area contributed by atoms with E-state index >= 15 is 0 Å². The number of carbonyl (C=O) groups is 2. The summed E-state index contributed by atoms with van der Waals surface area (Å²) in [6, 6.07) is 0. The third-order valence-corrected chi connectivity index (χ3v) is 3.60. The number of hydrogen-bond acceptors (Lipinski definition) is 4. The van der Waals surface area contributed by atoms with Crippen molar-refractivity contribution < 1.29 is 14.7 Å². The number of carboxylic acids is 1. The zero-order chi connectivity index (χ0) is 14.0. The van der Waals surface area contributed by atoms with Crippen molar-refractivity contribution in [2.45, 2.75) is 39.0 Å². The molecule has 0 bridgehead atoms. The van der Waals surface area contributed by atoms with Crippen LogP contribution in [0, 0.1) is 5.41 Å². The number of H-pyrrole nitrogens is 1. The van der Waals surface area contributed by atoms with Crippen molar-refractivity contribution >= 4 is 11.9 Å². The van der Waals surface area contributed by atoms with E-state index < -0.39 is 17.3 Å². The molecule has 7 heteroatoms. The van der Waals surface area contributed by atoms with Gasteiger partial charge in [0.2, 0.25) is 5.82 Å². The predicted octanol–water partition coefficient (Wildman–Crippen LogP) is 0.913. The molecule has 2 rings (SSSR count). The van der Waals surface area contributed by atoms with Crippen molar-refractivity contribution in [1.29, 1.82) is 0 Å². The van der Waals surface area contributed by atoms with Crippen molar-refractivity contribution in [1.82, 2.24) is 20.5 Å². The summed E-state index contributed by atoms with van der Waals surface area (Å²) >= 11 is 0. The molecule has 0 spiro atoms. The number of nitrogens with one attached hydrogen (secondary N) is 2. The Morgan fingerprint density at radius 3 is 2.58 bits per heavy atom. The fourth-order valence-corrected chi connectivity index (χ4v) is 2.03. The van der Waals surface area contributed by atoms with Crippen molar-refractivity contribution in [2.24, 2.45) is 5.41 Å². The minimum Gasteiger partial charge on any atom is -0.481 e. The maximum Gasteiger partial charge on any atom is 0.311 e. The topological polar surface area (TPSA) is 108 Å². The van der Waals surface area contributed by atoms with Gasteiger partial charge in [0, 0.05) is 12.5 Å². The number of carboxylic acid groups (broad SMARTS) is 1. The SMILES string of the molecule is CC(C)c1nc(C(=O)NCC2(C(=O)O)CCC2)n[nH]1. The molecule has 0 radical (unpaired) electrons. The molecule has 19 heavy (non-hydrogen) atoms. The Kier molecular flexibility index (Phi) is 3.55. The summed E-state index contributed by atoms with van der Waals surface area (Å²) < 4.78 is 0. The number of nitrogens with zero attached hydrogens (tertiary/aromatic N) is 2. The summed E-state index contributed by atoms with van der Waals surface area (Å²) in [6.07, 6.45) is 2.10. The van der Waals surface area contributed by atoms with Crippen LogP contribution >= 0.6 is 0 Å². The third kappa shape index (κ3) is 2.59. The number of hydrogen-bond donors (Lipinski definition) is 3. The standard InChI is InChI=1S/C12H18N4O3/c1-7(2)8-14-9(16-15-8)10(17)13-6-12(11(18)19)4-3-5-12/h7H,3-6H2,1-2H3,(H,13,17)(H,18,19)(H,14,15,16). The van der Waals surface area contributed by atoms with E-state index in [1.165, 1.54) is 0 Å². The predicted molar refractivity (Wildman–Crippen MR) is 66.7 cm³/mol. The van der Waals surface area contributed by atoms with Gasteiger partial charge in [0.05, 0.1) is 5.41 Å². The van der Waals surface area contributed by atoms with E-state index in [0.717, 1.165) is 6.42 Å². The molecule has 1 aliphatic carbocycles. The Morgan fingerprint density at radius 2 is 2.16 bits per heavy atom. The van der Waals surface area contributed by atoms with Gasteiger partial charge in [0.25, 0.3) is 5.91 Å². The first-order valence-electron chi connectivity index (χ1n) is 6.38. The second-order valence-electron chi connectivity index (χ2n) is 5.32. The first-order chi connectivity index (χ1) is 8.94. The highest BCUT2D eigenvalue weighted by Gasteiger charge is 2.44. The fraction of sp³-hybridized carbons (Fsp3) is 0.667. The van der Waals surface area contributed by atoms with Crippen LogP contribution < -0.4 is 5.32 Å². The highest BCUT2D eigenvalue weighted by molar-refractivity contribution is 5.90. The summed E-state index contributed by atoms with van der Waals surface area (Å²) in [6.45, 7) is 4.01. The second-order valence-corrected chi connectivity index (χ2v) is 5.32. The van der Waals surface area contributed by atoms with Crippen LogP contribution in [0.1, 0.15) is 55.5 Å². The Hall–Kier alpha value is -1.92. The van der Waals surface area contributed by atoms with E-state index in [1.807, 2.05) is 13.8 Å². The maximum atomic E-state index is 11.8. The van der Waals surface area contributed by atoms with Gasteiger partial charge in [-0.25, -0.2) is 4.98 Å². The molecular formula is C12H18N4O3. The van der Waals surface area contributed by atoms with E-state index in [9.17, 15) is 9.59 Å². The molecule has 7 nitrogen and oxygen atoms in total. The van der Waals surface area contributed by atoms with E-state index in [2.05, 4.69) is 20.5 Å². The molecule has 1 aromatic heterocycles. The number of carbonyl (C=O) groups excluding carboxylic acids is 1. The lowest BCUT2D eigenvalue weighted by Gasteiger charge is -2.37. The number of rotatable bonds is 5. The molecule has 3 N–H and O–H groups in total. The van der Waals surface area contributed by atoms with Crippen LogP contribution in [0.2, 0.25) is 0 Å². The minimum absolute atomic E-state index is 0.0589. The highest BCUT2D eigenvalue weighted by atomic mass is 16.4. The zero-order valence-electron chi connectivity index (χ0n) is 11.1. The van der Waals surface area contributed by atoms with Gasteiger partial charge in [0.15, 0.2) is 0 Å². The van der Waals surface area contributed by atoms with Gasteiger partial charge in [0.1, 0.15) is 5.82 Å². The van der Waals surface area contributed by atoms with Gasteiger partial charge < -0.3 is 10.4 Å². The molecule has 1 saturated carbocycles. The summed E-state index contributed by atoms with van der Waals surface area (Å²) in [5.74, 6) is -0.427.